The number of aromatic amines is 1. The predicted molar refractivity (Wildman–Crippen MR) is 129 cm³/mol. The lowest BCUT2D eigenvalue weighted by molar-refractivity contribution is 0.209. The number of nitriles is 1. The Hall–Kier alpha value is -3.48. The van der Waals surface area contributed by atoms with Crippen LogP contribution in [0.5, 0.6) is 11.6 Å². The number of ether oxygens (including phenoxy) is 1. The SMILES string of the molecule is Cc1cc(C#N)cc(C)c1Oc1nc(NC2CCN(Cc3cnc[nH]3)CC2)nc2ccsc12. The van der Waals surface area contributed by atoms with Gasteiger partial charge in [0.1, 0.15) is 10.4 Å². The van der Waals surface area contributed by atoms with Crippen molar-refractivity contribution in [1.29, 1.82) is 5.26 Å². The molecule has 0 radical (unpaired) electrons. The fourth-order valence-electron chi connectivity index (χ4n) is 4.27. The summed E-state index contributed by atoms with van der Waals surface area (Å²) in [5, 5.41) is 14.8. The van der Waals surface area contributed by atoms with Crippen LogP contribution in [0.2, 0.25) is 0 Å². The Morgan fingerprint density at radius 2 is 2.03 bits per heavy atom. The van der Waals surface area contributed by atoms with E-state index in [0.29, 0.717) is 23.4 Å². The molecule has 0 saturated carbocycles. The summed E-state index contributed by atoms with van der Waals surface area (Å²) >= 11 is 1.56. The molecule has 1 saturated heterocycles. The maximum atomic E-state index is 9.23. The molecule has 3 aromatic heterocycles. The lowest BCUT2D eigenvalue weighted by Gasteiger charge is -2.32. The number of anilines is 1. The molecule has 9 heteroatoms. The first-order valence-corrected chi connectivity index (χ1v) is 11.9. The number of fused-ring (bicyclic) bond motifs is 1. The van der Waals surface area contributed by atoms with Gasteiger partial charge in [0, 0.05) is 37.6 Å². The second kappa shape index (κ2) is 9.17. The summed E-state index contributed by atoms with van der Waals surface area (Å²) in [6.07, 6.45) is 5.64. The van der Waals surface area contributed by atoms with Gasteiger partial charge in [-0.25, -0.2) is 9.97 Å². The quantitative estimate of drug-likeness (QED) is 0.428. The van der Waals surface area contributed by atoms with E-state index in [1.807, 2.05) is 43.6 Å². The minimum absolute atomic E-state index is 0.310. The minimum Gasteiger partial charge on any atom is -0.437 e. The zero-order valence-electron chi connectivity index (χ0n) is 18.6. The molecule has 5 rings (SSSR count). The average Bonchev–Trinajstić information content (AvgIpc) is 3.49. The van der Waals surface area contributed by atoms with Gasteiger partial charge in [0.2, 0.25) is 11.8 Å². The number of nitrogens with zero attached hydrogens (tertiary/aromatic N) is 5. The number of likely N-dealkylation sites (tertiary alicyclic amines) is 1. The van der Waals surface area contributed by atoms with Crippen LogP contribution in [0.3, 0.4) is 0 Å². The molecule has 8 nitrogen and oxygen atoms in total. The second-order valence-electron chi connectivity index (χ2n) is 8.41. The number of imidazole rings is 1. The highest BCUT2D eigenvalue weighted by atomic mass is 32.1. The van der Waals surface area contributed by atoms with E-state index in [1.54, 1.807) is 17.7 Å². The van der Waals surface area contributed by atoms with Crippen molar-refractivity contribution in [2.45, 2.75) is 39.3 Å². The maximum absolute atomic E-state index is 9.23. The van der Waals surface area contributed by atoms with Gasteiger partial charge >= 0.3 is 0 Å². The third kappa shape index (κ3) is 4.67. The van der Waals surface area contributed by atoms with Crippen molar-refractivity contribution in [3.05, 3.63) is 58.5 Å². The number of rotatable bonds is 6. The molecule has 1 aliphatic rings. The van der Waals surface area contributed by atoms with Crippen LogP contribution in [0.4, 0.5) is 5.95 Å². The Morgan fingerprint density at radius 1 is 1.24 bits per heavy atom. The molecule has 168 valence electrons. The Balaban J connectivity index is 1.32. The molecule has 1 aliphatic heterocycles. The summed E-state index contributed by atoms with van der Waals surface area (Å²) in [5.41, 5.74) is 4.46. The minimum atomic E-state index is 0.310. The molecule has 2 N–H and O–H groups in total. The zero-order valence-corrected chi connectivity index (χ0v) is 19.4. The van der Waals surface area contributed by atoms with E-state index < -0.39 is 0 Å². The molecule has 4 aromatic rings. The fraction of sp³-hybridized carbons (Fsp3) is 0.333. The molecule has 0 aliphatic carbocycles. The van der Waals surface area contributed by atoms with Gasteiger partial charge in [-0.3, -0.25) is 4.90 Å². The Labute approximate surface area is 196 Å². The van der Waals surface area contributed by atoms with Crippen molar-refractivity contribution in [3.8, 4) is 17.7 Å². The second-order valence-corrected chi connectivity index (χ2v) is 9.33. The van der Waals surface area contributed by atoms with Gasteiger partial charge in [0.25, 0.3) is 0 Å². The molecule has 1 fully saturated rings. The predicted octanol–water partition coefficient (Wildman–Crippen LogP) is 4.77. The molecule has 33 heavy (non-hydrogen) atoms. The number of aromatic nitrogens is 4. The molecule has 0 amide bonds. The summed E-state index contributed by atoms with van der Waals surface area (Å²) in [6, 6.07) is 8.18. The highest BCUT2D eigenvalue weighted by Crippen LogP contribution is 2.35. The van der Waals surface area contributed by atoms with Crippen LogP contribution in [0.1, 0.15) is 35.2 Å². The van der Waals surface area contributed by atoms with Gasteiger partial charge in [-0.05, 0) is 61.4 Å². The zero-order chi connectivity index (χ0) is 22.8. The smallest absolute Gasteiger partial charge is 0.242 e. The summed E-state index contributed by atoms with van der Waals surface area (Å²) in [6.45, 7) is 6.80. The number of hydrogen-bond acceptors (Lipinski definition) is 8. The highest BCUT2D eigenvalue weighted by Gasteiger charge is 2.21. The van der Waals surface area contributed by atoms with Crippen LogP contribution in [-0.4, -0.2) is 44.0 Å². The van der Waals surface area contributed by atoms with Gasteiger partial charge in [-0.1, -0.05) is 0 Å². The molecule has 0 unspecified atom stereocenters. The van der Waals surface area contributed by atoms with Crippen molar-refractivity contribution in [2.75, 3.05) is 18.4 Å². The van der Waals surface area contributed by atoms with Gasteiger partial charge in [0.15, 0.2) is 0 Å². The standard InChI is InChI=1S/C24H25N7OS/c1-15-9-17(11-25)10-16(2)21(15)32-23-22-20(5-8-33-22)29-24(30-23)28-18-3-6-31(7-4-18)13-19-12-26-14-27-19/h5,8-10,12,14,18H,3-4,6-7,13H2,1-2H3,(H,26,27)(H,28,29,30). The number of nitrogens with one attached hydrogen (secondary N) is 2. The van der Waals surface area contributed by atoms with Gasteiger partial charge in [-0.15, -0.1) is 11.3 Å². The molecular formula is C24H25N7OS. The van der Waals surface area contributed by atoms with Crippen LogP contribution >= 0.6 is 11.3 Å². The Morgan fingerprint density at radius 3 is 2.73 bits per heavy atom. The maximum Gasteiger partial charge on any atom is 0.242 e. The van der Waals surface area contributed by atoms with E-state index in [4.69, 9.17) is 14.7 Å². The van der Waals surface area contributed by atoms with Crippen molar-refractivity contribution < 1.29 is 4.74 Å². The van der Waals surface area contributed by atoms with Gasteiger partial charge in [0.05, 0.1) is 23.5 Å². The van der Waals surface area contributed by atoms with Crippen LogP contribution in [0, 0.1) is 25.2 Å². The first-order valence-electron chi connectivity index (χ1n) is 11.0. The van der Waals surface area contributed by atoms with E-state index in [2.05, 4.69) is 26.3 Å². The summed E-state index contributed by atoms with van der Waals surface area (Å²) < 4.78 is 7.22. The highest BCUT2D eigenvalue weighted by molar-refractivity contribution is 7.17. The lowest BCUT2D eigenvalue weighted by Crippen LogP contribution is -2.39. The van der Waals surface area contributed by atoms with Crippen molar-refractivity contribution in [1.82, 2.24) is 24.8 Å². The van der Waals surface area contributed by atoms with Crippen LogP contribution in [0.25, 0.3) is 10.2 Å². The summed E-state index contributed by atoms with van der Waals surface area (Å²) in [5.74, 6) is 1.87. The van der Waals surface area contributed by atoms with Gasteiger partial charge < -0.3 is 15.0 Å². The third-order valence-electron chi connectivity index (χ3n) is 5.93. The number of piperidine rings is 1. The first-order chi connectivity index (χ1) is 16.1. The van der Waals surface area contributed by atoms with E-state index in [1.165, 1.54) is 0 Å². The monoisotopic (exact) mass is 459 g/mol. The molecule has 0 atom stereocenters. The van der Waals surface area contributed by atoms with Crippen LogP contribution < -0.4 is 10.1 Å². The number of hydrogen-bond donors (Lipinski definition) is 2. The molecule has 0 spiro atoms. The van der Waals surface area contributed by atoms with Crippen molar-refractivity contribution in [2.24, 2.45) is 0 Å². The Bertz CT molecular complexity index is 1280. The van der Waals surface area contributed by atoms with E-state index in [9.17, 15) is 5.26 Å². The molecule has 4 heterocycles. The number of aryl methyl sites for hydroxylation is 2. The Kier molecular flexibility index (Phi) is 5.94. The number of H-pyrrole nitrogens is 1. The first kappa shape index (κ1) is 21.4. The third-order valence-corrected chi connectivity index (χ3v) is 6.82. The van der Waals surface area contributed by atoms with E-state index in [0.717, 1.165) is 65.3 Å². The van der Waals surface area contributed by atoms with Crippen molar-refractivity contribution >= 4 is 27.5 Å². The molecule has 0 bridgehead atoms. The fourth-order valence-corrected chi connectivity index (χ4v) is 5.03. The van der Waals surface area contributed by atoms with Gasteiger partial charge in [-0.2, -0.15) is 10.2 Å². The van der Waals surface area contributed by atoms with E-state index >= 15 is 0 Å². The number of benzene rings is 1. The average molecular weight is 460 g/mol. The summed E-state index contributed by atoms with van der Waals surface area (Å²) in [7, 11) is 0. The largest absolute Gasteiger partial charge is 0.437 e. The van der Waals surface area contributed by atoms with E-state index in [-0.39, 0.29) is 0 Å². The molecular weight excluding hydrogens is 434 g/mol. The van der Waals surface area contributed by atoms with Crippen LogP contribution in [0.15, 0.2) is 36.1 Å². The normalized spacial score (nSPS) is 14.9. The van der Waals surface area contributed by atoms with Crippen LogP contribution in [-0.2, 0) is 6.54 Å². The molecule has 1 aromatic carbocycles. The topological polar surface area (TPSA) is 103 Å². The lowest BCUT2D eigenvalue weighted by atomic mass is 10.1. The number of thiophene rings is 1. The summed E-state index contributed by atoms with van der Waals surface area (Å²) in [4.78, 5) is 19.2. The van der Waals surface area contributed by atoms with Crippen molar-refractivity contribution in [3.63, 3.8) is 0 Å².